The van der Waals surface area contributed by atoms with Crippen molar-refractivity contribution < 1.29 is 19.4 Å². The molecule has 25 heavy (non-hydrogen) atoms. The van der Waals surface area contributed by atoms with Crippen LogP contribution in [0.15, 0.2) is 48.5 Å². The number of amides is 1. The fourth-order valence-corrected chi connectivity index (χ4v) is 2.83. The SMILES string of the molecule is COc1ccccc1CC(=O)NC(CC(=O)O)Cc1ccccc1Cl. The van der Waals surface area contributed by atoms with Gasteiger partial charge in [-0.2, -0.15) is 0 Å². The molecule has 2 N–H and O–H groups in total. The van der Waals surface area contributed by atoms with Crippen molar-refractivity contribution in [2.45, 2.75) is 25.3 Å². The Bertz CT molecular complexity index is 748. The van der Waals surface area contributed by atoms with Crippen molar-refractivity contribution in [3.8, 4) is 5.75 Å². The molecule has 2 aromatic carbocycles. The molecule has 0 fully saturated rings. The van der Waals surface area contributed by atoms with Gasteiger partial charge in [0, 0.05) is 16.6 Å². The van der Waals surface area contributed by atoms with E-state index in [1.54, 1.807) is 31.4 Å². The van der Waals surface area contributed by atoms with Gasteiger partial charge in [0.15, 0.2) is 0 Å². The summed E-state index contributed by atoms with van der Waals surface area (Å²) in [6.45, 7) is 0. The standard InChI is InChI=1S/C19H20ClNO4/c1-25-17-9-5-3-7-14(17)11-18(22)21-15(12-19(23)24)10-13-6-2-4-8-16(13)20/h2-9,15H,10-12H2,1H3,(H,21,22)(H,23,24). The Labute approximate surface area is 151 Å². The highest BCUT2D eigenvalue weighted by molar-refractivity contribution is 6.31. The average Bonchev–Trinajstić information content (AvgIpc) is 2.56. The van der Waals surface area contributed by atoms with Crippen molar-refractivity contribution in [2.24, 2.45) is 0 Å². The molecule has 0 radical (unpaired) electrons. The van der Waals surface area contributed by atoms with Crippen LogP contribution in [0.25, 0.3) is 0 Å². The van der Waals surface area contributed by atoms with Crippen molar-refractivity contribution in [1.82, 2.24) is 5.32 Å². The summed E-state index contributed by atoms with van der Waals surface area (Å²) in [5.41, 5.74) is 1.54. The summed E-state index contributed by atoms with van der Waals surface area (Å²) in [4.78, 5) is 23.5. The topological polar surface area (TPSA) is 75.6 Å². The van der Waals surface area contributed by atoms with Crippen molar-refractivity contribution in [2.75, 3.05) is 7.11 Å². The maximum absolute atomic E-state index is 12.4. The van der Waals surface area contributed by atoms with Gasteiger partial charge in [0.05, 0.1) is 20.0 Å². The number of carboxylic acid groups (broad SMARTS) is 1. The van der Waals surface area contributed by atoms with Crippen LogP contribution >= 0.6 is 11.6 Å². The molecule has 0 aliphatic carbocycles. The molecule has 1 atom stereocenters. The van der Waals surface area contributed by atoms with Gasteiger partial charge < -0.3 is 15.2 Å². The lowest BCUT2D eigenvalue weighted by Crippen LogP contribution is -2.39. The smallest absolute Gasteiger partial charge is 0.305 e. The number of carbonyl (C=O) groups excluding carboxylic acids is 1. The Morgan fingerprint density at radius 3 is 2.40 bits per heavy atom. The van der Waals surface area contributed by atoms with Crippen LogP contribution in [-0.2, 0) is 22.4 Å². The number of methoxy groups -OCH3 is 1. The monoisotopic (exact) mass is 361 g/mol. The van der Waals surface area contributed by atoms with Crippen molar-refractivity contribution in [3.05, 3.63) is 64.7 Å². The van der Waals surface area contributed by atoms with Crippen LogP contribution < -0.4 is 10.1 Å². The molecule has 2 aromatic rings. The lowest BCUT2D eigenvalue weighted by molar-refractivity contribution is -0.137. The van der Waals surface area contributed by atoms with Crippen LogP contribution in [0, 0.1) is 0 Å². The van der Waals surface area contributed by atoms with Crippen LogP contribution in [0.2, 0.25) is 5.02 Å². The fourth-order valence-electron chi connectivity index (χ4n) is 2.62. The molecule has 1 amide bonds. The second-order valence-electron chi connectivity index (χ2n) is 5.65. The maximum atomic E-state index is 12.4. The number of carboxylic acids is 1. The zero-order valence-corrected chi connectivity index (χ0v) is 14.6. The number of hydrogen-bond acceptors (Lipinski definition) is 3. The van der Waals surface area contributed by atoms with Crippen LogP contribution in [0.3, 0.4) is 0 Å². The van der Waals surface area contributed by atoms with Gasteiger partial charge in [-0.1, -0.05) is 48.0 Å². The molecule has 0 spiro atoms. The first-order chi connectivity index (χ1) is 12.0. The zero-order valence-electron chi connectivity index (χ0n) is 13.9. The van der Waals surface area contributed by atoms with Crippen LogP contribution in [0.4, 0.5) is 0 Å². The van der Waals surface area contributed by atoms with Gasteiger partial charge in [0.25, 0.3) is 0 Å². The lowest BCUT2D eigenvalue weighted by atomic mass is 10.0. The molecule has 0 aliphatic heterocycles. The van der Waals surface area contributed by atoms with Crippen molar-refractivity contribution in [1.29, 1.82) is 0 Å². The molecule has 0 saturated carbocycles. The Kier molecular flexibility index (Phi) is 6.83. The minimum absolute atomic E-state index is 0.114. The predicted octanol–water partition coefficient (Wildman–Crippen LogP) is 3.09. The number of ether oxygens (including phenoxy) is 1. The summed E-state index contributed by atoms with van der Waals surface area (Å²) in [6, 6.07) is 13.9. The quantitative estimate of drug-likeness (QED) is 0.757. The van der Waals surface area contributed by atoms with E-state index in [9.17, 15) is 9.59 Å². The molecule has 0 heterocycles. The third-order valence-electron chi connectivity index (χ3n) is 3.75. The first-order valence-electron chi connectivity index (χ1n) is 7.86. The van der Waals surface area contributed by atoms with Crippen molar-refractivity contribution in [3.63, 3.8) is 0 Å². The third kappa shape index (κ3) is 5.80. The Morgan fingerprint density at radius 2 is 1.76 bits per heavy atom. The molecule has 0 bridgehead atoms. The first kappa shape index (κ1) is 18.8. The van der Waals surface area contributed by atoms with E-state index in [0.717, 1.165) is 11.1 Å². The minimum Gasteiger partial charge on any atom is -0.496 e. The number of hydrogen-bond donors (Lipinski definition) is 2. The normalized spacial score (nSPS) is 11.6. The Morgan fingerprint density at radius 1 is 1.12 bits per heavy atom. The summed E-state index contributed by atoms with van der Waals surface area (Å²) >= 11 is 6.13. The summed E-state index contributed by atoms with van der Waals surface area (Å²) in [6.07, 6.45) is 0.287. The van der Waals surface area contributed by atoms with Crippen molar-refractivity contribution >= 4 is 23.5 Å². The van der Waals surface area contributed by atoms with E-state index >= 15 is 0 Å². The van der Waals surface area contributed by atoms with Gasteiger partial charge in [0.1, 0.15) is 5.75 Å². The van der Waals surface area contributed by atoms with E-state index in [1.165, 1.54) is 0 Å². The van der Waals surface area contributed by atoms with E-state index in [4.69, 9.17) is 21.4 Å². The molecule has 6 heteroatoms. The van der Waals surface area contributed by atoms with Crippen LogP contribution in [0.5, 0.6) is 5.75 Å². The number of rotatable bonds is 8. The van der Waals surface area contributed by atoms with Crippen LogP contribution in [-0.4, -0.2) is 30.1 Å². The highest BCUT2D eigenvalue weighted by Gasteiger charge is 2.18. The van der Waals surface area contributed by atoms with Gasteiger partial charge in [0.2, 0.25) is 5.91 Å². The fraction of sp³-hybridized carbons (Fsp3) is 0.263. The molecular formula is C19H20ClNO4. The number of benzene rings is 2. The molecular weight excluding hydrogens is 342 g/mol. The highest BCUT2D eigenvalue weighted by atomic mass is 35.5. The maximum Gasteiger partial charge on any atom is 0.305 e. The van der Waals surface area contributed by atoms with Gasteiger partial charge in [-0.25, -0.2) is 0 Å². The molecule has 0 saturated heterocycles. The second-order valence-corrected chi connectivity index (χ2v) is 6.05. The molecule has 0 aliphatic rings. The summed E-state index contributed by atoms with van der Waals surface area (Å²) in [7, 11) is 1.54. The largest absolute Gasteiger partial charge is 0.496 e. The first-order valence-corrected chi connectivity index (χ1v) is 8.24. The molecule has 5 nitrogen and oxygen atoms in total. The predicted molar refractivity (Wildman–Crippen MR) is 96.0 cm³/mol. The average molecular weight is 362 g/mol. The van der Waals surface area contributed by atoms with E-state index in [2.05, 4.69) is 5.32 Å². The zero-order chi connectivity index (χ0) is 18.2. The number of nitrogens with one attached hydrogen (secondary N) is 1. The Balaban J connectivity index is 2.07. The number of halogens is 1. The third-order valence-corrected chi connectivity index (χ3v) is 4.12. The van der Waals surface area contributed by atoms with E-state index in [-0.39, 0.29) is 18.7 Å². The van der Waals surface area contributed by atoms with Gasteiger partial charge >= 0.3 is 5.97 Å². The number of aliphatic carboxylic acids is 1. The summed E-state index contributed by atoms with van der Waals surface area (Å²) < 4.78 is 5.24. The Hall–Kier alpha value is -2.53. The number of para-hydroxylation sites is 1. The number of carbonyl (C=O) groups is 2. The van der Waals surface area contributed by atoms with E-state index in [0.29, 0.717) is 17.2 Å². The van der Waals surface area contributed by atoms with E-state index in [1.807, 2.05) is 24.3 Å². The van der Waals surface area contributed by atoms with Gasteiger partial charge in [-0.3, -0.25) is 9.59 Å². The second kappa shape index (κ2) is 9.08. The molecule has 0 aromatic heterocycles. The van der Waals surface area contributed by atoms with Gasteiger partial charge in [-0.15, -0.1) is 0 Å². The van der Waals surface area contributed by atoms with Crippen LogP contribution in [0.1, 0.15) is 17.5 Å². The molecule has 2 rings (SSSR count). The van der Waals surface area contributed by atoms with E-state index < -0.39 is 12.0 Å². The lowest BCUT2D eigenvalue weighted by Gasteiger charge is -2.18. The highest BCUT2D eigenvalue weighted by Crippen LogP contribution is 2.19. The van der Waals surface area contributed by atoms with Gasteiger partial charge in [-0.05, 0) is 24.1 Å². The summed E-state index contributed by atoms with van der Waals surface area (Å²) in [5, 5.41) is 12.5. The summed E-state index contributed by atoms with van der Waals surface area (Å²) in [5.74, 6) is -0.615. The molecule has 1 unspecified atom stereocenters. The minimum atomic E-state index is -0.977. The molecule has 132 valence electrons.